The summed E-state index contributed by atoms with van der Waals surface area (Å²) in [6.07, 6.45) is 4.77. The zero-order valence-electron chi connectivity index (χ0n) is 15.3. The van der Waals surface area contributed by atoms with Gasteiger partial charge in [0.25, 0.3) is 5.91 Å². The Bertz CT molecular complexity index is 904. The van der Waals surface area contributed by atoms with Gasteiger partial charge in [-0.2, -0.15) is 15.3 Å². The van der Waals surface area contributed by atoms with E-state index >= 15 is 0 Å². The number of hydrogen-bond acceptors (Lipinski definition) is 8. The van der Waals surface area contributed by atoms with E-state index in [1.54, 1.807) is 30.1 Å². The summed E-state index contributed by atoms with van der Waals surface area (Å²) >= 11 is 0. The van der Waals surface area contributed by atoms with Crippen molar-refractivity contribution in [2.45, 2.75) is 31.9 Å². The van der Waals surface area contributed by atoms with E-state index < -0.39 is 23.0 Å². The summed E-state index contributed by atoms with van der Waals surface area (Å²) in [5.74, 6) is -0.708. The molecule has 2 aromatic rings. The van der Waals surface area contributed by atoms with Gasteiger partial charge >= 0.3 is 0 Å². The maximum absolute atomic E-state index is 12.4. The van der Waals surface area contributed by atoms with E-state index in [0.29, 0.717) is 11.5 Å². The molecule has 0 saturated carbocycles. The first-order valence-corrected chi connectivity index (χ1v) is 8.43. The van der Waals surface area contributed by atoms with E-state index in [2.05, 4.69) is 20.4 Å². The van der Waals surface area contributed by atoms with Gasteiger partial charge in [0.15, 0.2) is 0 Å². The number of hydrogen-bond donors (Lipinski definition) is 3. The van der Waals surface area contributed by atoms with Crippen LogP contribution in [0.1, 0.15) is 20.8 Å². The summed E-state index contributed by atoms with van der Waals surface area (Å²) in [7, 11) is 0. The minimum absolute atomic E-state index is 0.0723. The first-order chi connectivity index (χ1) is 12.7. The molecule has 0 unspecified atom stereocenters. The lowest BCUT2D eigenvalue weighted by Gasteiger charge is -2.21. The van der Waals surface area contributed by atoms with Gasteiger partial charge in [-0.15, -0.1) is 0 Å². The number of aliphatic hydroxyl groups excluding tert-OH is 1. The summed E-state index contributed by atoms with van der Waals surface area (Å²) in [5, 5.41) is 36.0. The van der Waals surface area contributed by atoms with Crippen molar-refractivity contribution in [2.24, 2.45) is 5.92 Å². The zero-order valence-corrected chi connectivity index (χ0v) is 15.3. The molecular weight excluding hydrogens is 350 g/mol. The van der Waals surface area contributed by atoms with Crippen LogP contribution in [0, 0.1) is 17.2 Å². The fourth-order valence-electron chi connectivity index (χ4n) is 2.74. The molecule has 1 aliphatic rings. The van der Waals surface area contributed by atoms with Gasteiger partial charge in [0, 0.05) is 24.9 Å². The summed E-state index contributed by atoms with van der Waals surface area (Å²) in [6, 6.07) is 3.23. The topological polar surface area (TPSA) is 140 Å². The molecule has 2 atom stereocenters. The van der Waals surface area contributed by atoms with Gasteiger partial charge < -0.3 is 15.5 Å². The molecule has 0 aliphatic carbocycles. The predicted molar refractivity (Wildman–Crippen MR) is 96.0 cm³/mol. The lowest BCUT2D eigenvalue weighted by molar-refractivity contribution is -0.130. The molecule has 3 rings (SSSR count). The van der Waals surface area contributed by atoms with Crippen LogP contribution in [0.25, 0.3) is 0 Å². The van der Waals surface area contributed by atoms with Crippen LogP contribution >= 0.6 is 0 Å². The summed E-state index contributed by atoms with van der Waals surface area (Å²) in [6.45, 7) is 5.44. The van der Waals surface area contributed by atoms with Crippen molar-refractivity contribution in [1.29, 1.82) is 5.26 Å². The number of aromatic nitrogens is 4. The molecule has 10 nitrogen and oxygen atoms in total. The SMILES string of the molecule is C[C@@H]1CN(c2ccnc(Nc3cnn(C(C)(C)CO)c3)n2)C(=O)[C@@]1(O)C#N. The van der Waals surface area contributed by atoms with Gasteiger partial charge in [0.1, 0.15) is 11.9 Å². The molecule has 0 spiro atoms. The van der Waals surface area contributed by atoms with Crippen LogP contribution in [0.4, 0.5) is 17.5 Å². The fourth-order valence-corrected chi connectivity index (χ4v) is 2.74. The minimum atomic E-state index is -2.05. The van der Waals surface area contributed by atoms with Crippen LogP contribution in [0.3, 0.4) is 0 Å². The number of carbonyl (C=O) groups excluding carboxylic acids is 1. The number of carbonyl (C=O) groups is 1. The molecular formula is C17H21N7O3. The summed E-state index contributed by atoms with van der Waals surface area (Å²) in [5.41, 5.74) is -1.98. The third-order valence-electron chi connectivity index (χ3n) is 4.67. The predicted octanol–water partition coefficient (Wildman–Crippen LogP) is 0.381. The zero-order chi connectivity index (χ0) is 19.8. The van der Waals surface area contributed by atoms with Gasteiger partial charge in [-0.1, -0.05) is 6.92 Å². The van der Waals surface area contributed by atoms with E-state index in [0.717, 1.165) is 0 Å². The van der Waals surface area contributed by atoms with Crippen molar-refractivity contribution in [2.75, 3.05) is 23.4 Å². The van der Waals surface area contributed by atoms with Gasteiger partial charge in [-0.05, 0) is 19.9 Å². The van der Waals surface area contributed by atoms with Gasteiger partial charge in [0.05, 0.1) is 24.0 Å². The summed E-state index contributed by atoms with van der Waals surface area (Å²) in [4.78, 5) is 22.1. The van der Waals surface area contributed by atoms with Crippen molar-refractivity contribution < 1.29 is 15.0 Å². The second-order valence-electron chi connectivity index (χ2n) is 7.20. The second kappa shape index (κ2) is 6.61. The first-order valence-electron chi connectivity index (χ1n) is 8.43. The number of anilines is 3. The molecule has 1 aliphatic heterocycles. The van der Waals surface area contributed by atoms with Gasteiger partial charge in [-0.25, -0.2) is 4.98 Å². The largest absolute Gasteiger partial charge is 0.394 e. The average molecular weight is 371 g/mol. The molecule has 0 aromatic carbocycles. The molecule has 3 N–H and O–H groups in total. The maximum atomic E-state index is 12.4. The molecule has 1 saturated heterocycles. The van der Waals surface area contributed by atoms with E-state index in [1.165, 1.54) is 17.2 Å². The fraction of sp³-hybridized carbons (Fsp3) is 0.471. The Morgan fingerprint density at radius 1 is 1.52 bits per heavy atom. The lowest BCUT2D eigenvalue weighted by atomic mass is 9.94. The third-order valence-corrected chi connectivity index (χ3v) is 4.67. The summed E-state index contributed by atoms with van der Waals surface area (Å²) < 4.78 is 1.62. The minimum Gasteiger partial charge on any atom is -0.394 e. The number of nitriles is 1. The quantitative estimate of drug-likeness (QED) is 0.641. The smallest absolute Gasteiger partial charge is 0.275 e. The van der Waals surface area contributed by atoms with Crippen LogP contribution in [0.15, 0.2) is 24.7 Å². The molecule has 3 heterocycles. The van der Waals surface area contributed by atoms with Crippen molar-refractivity contribution >= 4 is 23.4 Å². The third kappa shape index (κ3) is 3.22. The Labute approximate surface area is 156 Å². The van der Waals surface area contributed by atoms with Gasteiger partial charge in [-0.3, -0.25) is 14.4 Å². The van der Waals surface area contributed by atoms with E-state index in [4.69, 9.17) is 5.26 Å². The number of nitrogens with zero attached hydrogens (tertiary/aromatic N) is 6. The first kappa shape index (κ1) is 18.8. The van der Waals surface area contributed by atoms with Crippen LogP contribution in [0.5, 0.6) is 0 Å². The highest BCUT2D eigenvalue weighted by molar-refractivity contribution is 6.03. The van der Waals surface area contributed by atoms with E-state index in [-0.39, 0.29) is 19.1 Å². The average Bonchev–Trinajstić information content (AvgIpc) is 3.21. The molecule has 0 bridgehead atoms. The molecule has 0 radical (unpaired) electrons. The molecule has 1 fully saturated rings. The molecule has 10 heteroatoms. The highest BCUT2D eigenvalue weighted by Crippen LogP contribution is 2.31. The van der Waals surface area contributed by atoms with Crippen LogP contribution in [-0.2, 0) is 10.3 Å². The lowest BCUT2D eigenvalue weighted by Crippen LogP contribution is -2.41. The van der Waals surface area contributed by atoms with Crippen LogP contribution in [-0.4, -0.2) is 54.6 Å². The second-order valence-corrected chi connectivity index (χ2v) is 7.20. The Morgan fingerprint density at radius 3 is 2.89 bits per heavy atom. The number of nitrogens with one attached hydrogen (secondary N) is 1. The van der Waals surface area contributed by atoms with Crippen molar-refractivity contribution in [1.82, 2.24) is 19.7 Å². The van der Waals surface area contributed by atoms with E-state index in [9.17, 15) is 15.0 Å². The Kier molecular flexibility index (Phi) is 4.59. The van der Waals surface area contributed by atoms with Crippen molar-refractivity contribution in [3.8, 4) is 6.07 Å². The Balaban J connectivity index is 1.82. The van der Waals surface area contributed by atoms with Crippen molar-refractivity contribution in [3.63, 3.8) is 0 Å². The van der Waals surface area contributed by atoms with E-state index in [1.807, 2.05) is 13.8 Å². The van der Waals surface area contributed by atoms with Crippen LogP contribution in [0.2, 0.25) is 0 Å². The maximum Gasteiger partial charge on any atom is 0.275 e. The molecule has 2 aromatic heterocycles. The highest BCUT2D eigenvalue weighted by Gasteiger charge is 2.52. The Hall–Kier alpha value is -3.03. The highest BCUT2D eigenvalue weighted by atomic mass is 16.3. The number of rotatable bonds is 5. The van der Waals surface area contributed by atoms with Gasteiger partial charge in [0.2, 0.25) is 11.5 Å². The van der Waals surface area contributed by atoms with Crippen LogP contribution < -0.4 is 10.2 Å². The monoisotopic (exact) mass is 371 g/mol. The number of aliphatic hydroxyl groups is 2. The Morgan fingerprint density at radius 2 is 2.26 bits per heavy atom. The standard InChI is InChI=1S/C17H21N7O3/c1-11-7-23(14(26)17(11,27)9-18)13-4-5-19-15(22-13)21-12-6-20-24(8-12)16(2,3)10-25/h4-6,8,11,25,27H,7,10H2,1-3H3,(H,19,21,22)/t11-,17-/m1/s1. The molecule has 1 amide bonds. The van der Waals surface area contributed by atoms with Crippen molar-refractivity contribution in [3.05, 3.63) is 24.7 Å². The molecule has 27 heavy (non-hydrogen) atoms. The molecule has 142 valence electrons. The normalized spacial score (nSPS) is 22.7. The number of amides is 1.